The summed E-state index contributed by atoms with van der Waals surface area (Å²) in [6.45, 7) is 0. The van der Waals surface area contributed by atoms with Crippen LogP contribution in [0.4, 0.5) is 26.3 Å². The summed E-state index contributed by atoms with van der Waals surface area (Å²) >= 11 is 0. The van der Waals surface area contributed by atoms with Gasteiger partial charge >= 0.3 is 12.4 Å². The van der Waals surface area contributed by atoms with Crippen molar-refractivity contribution in [2.75, 3.05) is 0 Å². The Hall–Kier alpha value is -5.81. The van der Waals surface area contributed by atoms with Crippen LogP contribution in [0.15, 0.2) is 18.2 Å². The summed E-state index contributed by atoms with van der Waals surface area (Å²) < 4.78 is 82.8. The number of halogens is 6. The van der Waals surface area contributed by atoms with Gasteiger partial charge in [0.2, 0.25) is 0 Å². The Morgan fingerprint density at radius 3 is 1.50 bits per heavy atom. The molecule has 0 amide bonds. The molecule has 13 heteroatoms. The standard InChI is InChI=1S/C23H3F6N7/c24-22(25,26)19-3-11(4-30)15(7-33)20(21(19)23(27,28)29)18(10-36)14-2-1-13(12(5-31)6-32)16(8-34)17(14)9-35/h1-3H/b18-14+. The molecular weight excluding hydrogens is 488 g/mol. The average Bonchev–Trinajstić information content (AvgIpc) is 2.83. The Kier molecular flexibility index (Phi) is 7.04. The number of hydrogen-bond donors (Lipinski definition) is 0. The Bertz CT molecular complexity index is 1720. The number of benzene rings is 2. The highest BCUT2D eigenvalue weighted by molar-refractivity contribution is 5.86. The Morgan fingerprint density at radius 1 is 0.611 bits per heavy atom. The molecule has 7 nitrogen and oxygen atoms in total. The highest BCUT2D eigenvalue weighted by atomic mass is 19.4. The fourth-order valence-electron chi connectivity index (χ4n) is 3.30. The molecule has 36 heavy (non-hydrogen) atoms. The van der Waals surface area contributed by atoms with Crippen molar-refractivity contribution in [3.05, 3.63) is 67.6 Å². The van der Waals surface area contributed by atoms with Crippen LogP contribution in [0.2, 0.25) is 0 Å². The van der Waals surface area contributed by atoms with E-state index in [1.165, 1.54) is 42.5 Å². The molecule has 0 atom stereocenters. The summed E-state index contributed by atoms with van der Waals surface area (Å²) in [7, 11) is 0. The smallest absolute Gasteiger partial charge is 0.192 e. The van der Waals surface area contributed by atoms with Gasteiger partial charge in [-0.2, -0.15) is 63.2 Å². The lowest BCUT2D eigenvalue weighted by molar-refractivity contribution is -0.162. The molecule has 0 aromatic heterocycles. The first kappa shape index (κ1) is 26.4. The molecule has 0 saturated heterocycles. The second-order valence-electron chi connectivity index (χ2n) is 6.54. The van der Waals surface area contributed by atoms with Crippen LogP contribution in [0.3, 0.4) is 0 Å². The summed E-state index contributed by atoms with van der Waals surface area (Å²) in [5.74, 6) is 0. The predicted molar refractivity (Wildman–Crippen MR) is 104 cm³/mol. The third kappa shape index (κ3) is 4.35. The molecule has 0 saturated carbocycles. The molecule has 0 N–H and O–H groups in total. The summed E-state index contributed by atoms with van der Waals surface area (Å²) in [5.41, 5.74) is -12.3. The molecule has 172 valence electrons. The predicted octanol–water partition coefficient (Wildman–Crippen LogP) is 3.13. The minimum Gasteiger partial charge on any atom is -0.192 e. The molecule has 2 aromatic rings. The highest BCUT2D eigenvalue weighted by Crippen LogP contribution is 2.45. The van der Waals surface area contributed by atoms with Crippen molar-refractivity contribution in [2.24, 2.45) is 0 Å². The molecule has 2 aromatic carbocycles. The van der Waals surface area contributed by atoms with Crippen molar-refractivity contribution < 1.29 is 26.3 Å². The molecule has 0 fully saturated rings. The molecule has 0 aliphatic rings. The van der Waals surface area contributed by atoms with Crippen molar-refractivity contribution >= 4 is 11.1 Å². The first-order valence-corrected chi connectivity index (χ1v) is 8.94. The van der Waals surface area contributed by atoms with Crippen molar-refractivity contribution in [1.82, 2.24) is 0 Å². The van der Waals surface area contributed by atoms with Gasteiger partial charge in [-0.05, 0) is 6.07 Å². The van der Waals surface area contributed by atoms with E-state index in [9.17, 15) is 52.7 Å². The van der Waals surface area contributed by atoms with Crippen LogP contribution in [0.5, 0.6) is 0 Å². The van der Waals surface area contributed by atoms with Crippen molar-refractivity contribution in [1.29, 1.82) is 36.8 Å². The average molecular weight is 491 g/mol. The van der Waals surface area contributed by atoms with Gasteiger partial charge in [0.05, 0.1) is 39.0 Å². The van der Waals surface area contributed by atoms with Crippen LogP contribution in [-0.4, -0.2) is 0 Å². The molecule has 0 spiro atoms. The first-order valence-electron chi connectivity index (χ1n) is 8.94. The van der Waals surface area contributed by atoms with Crippen LogP contribution in [0.1, 0.15) is 38.9 Å². The van der Waals surface area contributed by atoms with E-state index in [4.69, 9.17) is 10.5 Å². The number of nitriles is 7. The Morgan fingerprint density at radius 2 is 1.11 bits per heavy atom. The first-order chi connectivity index (χ1) is 16.9. The fourth-order valence-corrected chi connectivity index (χ4v) is 3.30. The lowest BCUT2D eigenvalue weighted by Gasteiger charge is -2.21. The second-order valence-corrected chi connectivity index (χ2v) is 6.54. The van der Waals surface area contributed by atoms with E-state index in [0.717, 1.165) is 12.1 Å². The van der Waals surface area contributed by atoms with Gasteiger partial charge in [0.25, 0.3) is 0 Å². The summed E-state index contributed by atoms with van der Waals surface area (Å²) in [6, 6.07) is 10.9. The van der Waals surface area contributed by atoms with Crippen LogP contribution >= 0.6 is 0 Å². The van der Waals surface area contributed by atoms with Gasteiger partial charge < -0.3 is 0 Å². The van der Waals surface area contributed by atoms with E-state index >= 15 is 0 Å². The van der Waals surface area contributed by atoms with Gasteiger partial charge in [-0.25, -0.2) is 0 Å². The van der Waals surface area contributed by atoms with Crippen LogP contribution in [0.25, 0.3) is 11.1 Å². The third-order valence-corrected chi connectivity index (χ3v) is 4.70. The van der Waals surface area contributed by atoms with Crippen LogP contribution in [0, 0.1) is 79.3 Å². The van der Waals surface area contributed by atoms with Gasteiger partial charge in [0.15, 0.2) is 0 Å². The van der Waals surface area contributed by atoms with Gasteiger partial charge in [-0.1, -0.05) is 12.1 Å². The molecule has 0 bridgehead atoms. The highest BCUT2D eigenvalue weighted by Gasteiger charge is 2.47. The minimum absolute atomic E-state index is 0.171. The van der Waals surface area contributed by atoms with Gasteiger partial charge in [0, 0.05) is 16.0 Å². The normalized spacial score (nSPS) is 11.3. The molecule has 0 radical (unpaired) electrons. The minimum atomic E-state index is -5.80. The van der Waals surface area contributed by atoms with E-state index in [2.05, 4.69) is 0 Å². The molecule has 0 aliphatic carbocycles. The number of hydrogen-bond acceptors (Lipinski definition) is 7. The van der Waals surface area contributed by atoms with Gasteiger partial charge in [0.1, 0.15) is 48.1 Å². The SMILES string of the molecule is N#CC(C#N)=c1cc/c(=C(/C#N)c2c(C#N)c(C#N)cc(C(F)(F)F)c2C(F)(F)F)c(C#N)c1C#N. The lowest BCUT2D eigenvalue weighted by Crippen LogP contribution is -2.25. The molecular formula is C23H3F6N7. The maximum absolute atomic E-state index is 14.0. The molecule has 0 heterocycles. The summed E-state index contributed by atoms with van der Waals surface area (Å²) in [4.78, 5) is 0. The lowest BCUT2D eigenvalue weighted by atomic mass is 9.85. The van der Waals surface area contributed by atoms with E-state index in [0.29, 0.717) is 0 Å². The monoisotopic (exact) mass is 491 g/mol. The quantitative estimate of drug-likeness (QED) is 0.552. The zero-order valence-electron chi connectivity index (χ0n) is 17.1. The summed E-state index contributed by atoms with van der Waals surface area (Å²) in [6.07, 6.45) is -11.5. The maximum atomic E-state index is 14.0. The molecule has 2 rings (SSSR count). The van der Waals surface area contributed by atoms with E-state index < -0.39 is 72.9 Å². The fraction of sp³-hybridized carbons (Fsp3) is 0.0870. The van der Waals surface area contributed by atoms with Crippen molar-refractivity contribution in [2.45, 2.75) is 12.4 Å². The van der Waals surface area contributed by atoms with E-state index in [1.54, 1.807) is 0 Å². The topological polar surface area (TPSA) is 167 Å². The van der Waals surface area contributed by atoms with Crippen LogP contribution in [-0.2, 0) is 12.4 Å². The maximum Gasteiger partial charge on any atom is 0.417 e. The number of alkyl halides is 6. The zero-order chi connectivity index (χ0) is 27.4. The Balaban J connectivity index is 3.52. The van der Waals surface area contributed by atoms with Crippen molar-refractivity contribution in [3.8, 4) is 42.5 Å². The van der Waals surface area contributed by atoms with Gasteiger partial charge in [-0.3, -0.25) is 0 Å². The van der Waals surface area contributed by atoms with Crippen molar-refractivity contribution in [3.63, 3.8) is 0 Å². The van der Waals surface area contributed by atoms with Gasteiger partial charge in [-0.15, -0.1) is 0 Å². The molecule has 0 aliphatic heterocycles. The van der Waals surface area contributed by atoms with E-state index in [1.807, 2.05) is 0 Å². The van der Waals surface area contributed by atoms with Crippen LogP contribution < -0.4 is 10.4 Å². The second kappa shape index (κ2) is 9.59. The largest absolute Gasteiger partial charge is 0.417 e. The zero-order valence-corrected chi connectivity index (χ0v) is 17.1. The summed E-state index contributed by atoms with van der Waals surface area (Å²) in [5, 5.41) is 64.4. The number of nitrogens with zero attached hydrogens (tertiary/aromatic N) is 7. The number of rotatable bonds is 1. The Labute approximate surface area is 197 Å². The molecule has 0 unspecified atom stereocenters. The third-order valence-electron chi connectivity index (χ3n) is 4.70. The van der Waals surface area contributed by atoms with E-state index in [-0.39, 0.29) is 6.07 Å².